The van der Waals surface area contributed by atoms with Gasteiger partial charge in [0.05, 0.1) is 0 Å². The van der Waals surface area contributed by atoms with Crippen LogP contribution in [0.4, 0.5) is 14.5 Å². The molecule has 1 heterocycles. The van der Waals surface area contributed by atoms with E-state index in [-0.39, 0.29) is 0 Å². The SMILES string of the molecule is CCC[C@H]1CCCCN1c1ccc(F)c(F)c1. The van der Waals surface area contributed by atoms with Crippen LogP contribution in [0, 0.1) is 11.6 Å². The van der Waals surface area contributed by atoms with Crippen LogP contribution in [0.1, 0.15) is 39.0 Å². The zero-order chi connectivity index (χ0) is 12.3. The van der Waals surface area contributed by atoms with E-state index < -0.39 is 11.6 Å². The molecular formula is C14H19F2N. The van der Waals surface area contributed by atoms with Gasteiger partial charge in [-0.05, 0) is 37.8 Å². The van der Waals surface area contributed by atoms with E-state index in [1.54, 1.807) is 6.07 Å². The van der Waals surface area contributed by atoms with Gasteiger partial charge in [0.25, 0.3) is 0 Å². The van der Waals surface area contributed by atoms with Crippen LogP contribution in [0.3, 0.4) is 0 Å². The monoisotopic (exact) mass is 239 g/mol. The standard InChI is InChI=1S/C14H19F2N/c1-2-5-11-6-3-4-9-17(11)12-7-8-13(15)14(16)10-12/h7-8,10-11H,2-6,9H2,1H3/t11-/m0/s1. The molecule has 2 rings (SSSR count). The molecule has 1 saturated heterocycles. The molecule has 0 N–H and O–H groups in total. The molecule has 94 valence electrons. The lowest BCUT2D eigenvalue weighted by molar-refractivity contribution is 0.433. The predicted octanol–water partition coefficient (Wildman–Crippen LogP) is 4.12. The highest BCUT2D eigenvalue weighted by Gasteiger charge is 2.22. The molecule has 0 aromatic heterocycles. The van der Waals surface area contributed by atoms with Crippen LogP contribution in [0.2, 0.25) is 0 Å². The van der Waals surface area contributed by atoms with Gasteiger partial charge in [0.15, 0.2) is 11.6 Å². The highest BCUT2D eigenvalue weighted by Crippen LogP contribution is 2.28. The predicted molar refractivity (Wildman–Crippen MR) is 66.3 cm³/mol. The quantitative estimate of drug-likeness (QED) is 0.766. The van der Waals surface area contributed by atoms with Gasteiger partial charge >= 0.3 is 0 Å². The van der Waals surface area contributed by atoms with Gasteiger partial charge < -0.3 is 4.90 Å². The molecule has 0 unspecified atom stereocenters. The third-order valence-electron chi connectivity index (χ3n) is 3.48. The summed E-state index contributed by atoms with van der Waals surface area (Å²) in [6.07, 6.45) is 5.79. The van der Waals surface area contributed by atoms with Gasteiger partial charge in [0, 0.05) is 24.3 Å². The summed E-state index contributed by atoms with van der Waals surface area (Å²) in [5.74, 6) is -1.51. The number of piperidine rings is 1. The normalized spacial score (nSPS) is 20.6. The van der Waals surface area contributed by atoms with E-state index in [9.17, 15) is 8.78 Å². The van der Waals surface area contributed by atoms with Crippen molar-refractivity contribution in [2.24, 2.45) is 0 Å². The van der Waals surface area contributed by atoms with Crippen molar-refractivity contribution in [2.75, 3.05) is 11.4 Å². The topological polar surface area (TPSA) is 3.24 Å². The summed E-state index contributed by atoms with van der Waals surface area (Å²) in [5, 5.41) is 0. The molecule has 17 heavy (non-hydrogen) atoms. The third-order valence-corrected chi connectivity index (χ3v) is 3.48. The summed E-state index contributed by atoms with van der Waals surface area (Å²) in [4.78, 5) is 2.23. The van der Waals surface area contributed by atoms with E-state index in [0.717, 1.165) is 37.9 Å². The van der Waals surface area contributed by atoms with E-state index in [4.69, 9.17) is 0 Å². The minimum atomic E-state index is -0.766. The molecule has 1 atom stereocenters. The largest absolute Gasteiger partial charge is 0.368 e. The van der Waals surface area contributed by atoms with Crippen molar-refractivity contribution in [3.63, 3.8) is 0 Å². The van der Waals surface area contributed by atoms with Crippen LogP contribution in [0.5, 0.6) is 0 Å². The molecule has 1 aliphatic heterocycles. The van der Waals surface area contributed by atoms with Crippen molar-refractivity contribution >= 4 is 5.69 Å². The lowest BCUT2D eigenvalue weighted by atomic mass is 9.97. The highest BCUT2D eigenvalue weighted by molar-refractivity contribution is 5.48. The van der Waals surface area contributed by atoms with Crippen LogP contribution in [-0.2, 0) is 0 Å². The van der Waals surface area contributed by atoms with Crippen molar-refractivity contribution in [3.8, 4) is 0 Å². The molecule has 1 fully saturated rings. The summed E-state index contributed by atoms with van der Waals surface area (Å²) >= 11 is 0. The Bertz CT molecular complexity index is 376. The number of anilines is 1. The number of rotatable bonds is 3. The molecule has 1 aliphatic rings. The molecule has 0 spiro atoms. The van der Waals surface area contributed by atoms with Gasteiger partial charge in [0.2, 0.25) is 0 Å². The summed E-state index contributed by atoms with van der Waals surface area (Å²) in [7, 11) is 0. The number of hydrogen-bond donors (Lipinski definition) is 0. The van der Waals surface area contributed by atoms with Crippen LogP contribution >= 0.6 is 0 Å². The smallest absolute Gasteiger partial charge is 0.160 e. The highest BCUT2D eigenvalue weighted by atomic mass is 19.2. The van der Waals surface area contributed by atoms with Crippen molar-refractivity contribution in [2.45, 2.75) is 45.1 Å². The number of hydrogen-bond acceptors (Lipinski definition) is 1. The van der Waals surface area contributed by atoms with Crippen LogP contribution in [0.15, 0.2) is 18.2 Å². The summed E-state index contributed by atoms with van der Waals surface area (Å²) in [6.45, 7) is 3.12. The average Bonchev–Trinajstić information content (AvgIpc) is 2.34. The average molecular weight is 239 g/mol. The Labute approximate surface area is 101 Å². The van der Waals surface area contributed by atoms with E-state index in [1.165, 1.54) is 18.6 Å². The molecule has 3 heteroatoms. The van der Waals surface area contributed by atoms with Crippen LogP contribution in [-0.4, -0.2) is 12.6 Å². The van der Waals surface area contributed by atoms with E-state index in [2.05, 4.69) is 11.8 Å². The van der Waals surface area contributed by atoms with Gasteiger partial charge in [-0.25, -0.2) is 8.78 Å². The Morgan fingerprint density at radius 2 is 2.06 bits per heavy atom. The molecule has 0 saturated carbocycles. The van der Waals surface area contributed by atoms with Gasteiger partial charge in [-0.15, -0.1) is 0 Å². The van der Waals surface area contributed by atoms with Gasteiger partial charge in [-0.3, -0.25) is 0 Å². The Morgan fingerprint density at radius 3 is 2.76 bits per heavy atom. The van der Waals surface area contributed by atoms with Crippen molar-refractivity contribution in [1.29, 1.82) is 0 Å². The summed E-state index contributed by atoms with van der Waals surface area (Å²) < 4.78 is 26.2. The summed E-state index contributed by atoms with van der Waals surface area (Å²) in [6, 6.07) is 4.72. The first-order valence-corrected chi connectivity index (χ1v) is 6.44. The molecule has 0 radical (unpaired) electrons. The van der Waals surface area contributed by atoms with E-state index in [0.29, 0.717) is 6.04 Å². The van der Waals surface area contributed by atoms with Crippen molar-refractivity contribution in [3.05, 3.63) is 29.8 Å². The maximum atomic E-state index is 13.2. The zero-order valence-corrected chi connectivity index (χ0v) is 10.3. The lowest BCUT2D eigenvalue weighted by Crippen LogP contribution is -2.39. The number of halogens is 2. The van der Waals surface area contributed by atoms with E-state index in [1.807, 2.05) is 0 Å². The minimum Gasteiger partial charge on any atom is -0.368 e. The fourth-order valence-corrected chi connectivity index (χ4v) is 2.64. The van der Waals surface area contributed by atoms with Gasteiger partial charge in [-0.2, -0.15) is 0 Å². The fourth-order valence-electron chi connectivity index (χ4n) is 2.64. The lowest BCUT2D eigenvalue weighted by Gasteiger charge is -2.37. The maximum Gasteiger partial charge on any atom is 0.160 e. The third kappa shape index (κ3) is 2.76. The summed E-state index contributed by atoms with van der Waals surface area (Å²) in [5.41, 5.74) is 0.821. The van der Waals surface area contributed by atoms with Gasteiger partial charge in [-0.1, -0.05) is 13.3 Å². The zero-order valence-electron chi connectivity index (χ0n) is 10.3. The van der Waals surface area contributed by atoms with E-state index >= 15 is 0 Å². The van der Waals surface area contributed by atoms with Gasteiger partial charge in [0.1, 0.15) is 0 Å². The molecular weight excluding hydrogens is 220 g/mol. The Morgan fingerprint density at radius 1 is 1.24 bits per heavy atom. The molecule has 1 aromatic rings. The van der Waals surface area contributed by atoms with Crippen molar-refractivity contribution in [1.82, 2.24) is 0 Å². The first kappa shape index (κ1) is 12.3. The minimum absolute atomic E-state index is 0.485. The molecule has 0 bridgehead atoms. The molecule has 0 amide bonds. The van der Waals surface area contributed by atoms with Crippen molar-refractivity contribution < 1.29 is 8.78 Å². The second-order valence-electron chi connectivity index (χ2n) is 4.73. The fraction of sp³-hybridized carbons (Fsp3) is 0.571. The first-order valence-electron chi connectivity index (χ1n) is 6.44. The second-order valence-corrected chi connectivity index (χ2v) is 4.73. The molecule has 1 aromatic carbocycles. The second kappa shape index (κ2) is 5.48. The first-order chi connectivity index (χ1) is 8.22. The number of nitrogens with zero attached hydrogens (tertiary/aromatic N) is 1. The Hall–Kier alpha value is -1.12. The van der Waals surface area contributed by atoms with Crippen LogP contribution in [0.25, 0.3) is 0 Å². The van der Waals surface area contributed by atoms with Crippen LogP contribution < -0.4 is 4.90 Å². The Kier molecular flexibility index (Phi) is 3.97. The number of benzene rings is 1. The maximum absolute atomic E-state index is 13.2. The Balaban J connectivity index is 2.20. The molecule has 0 aliphatic carbocycles. The molecule has 1 nitrogen and oxygen atoms in total.